The number of aromatic nitrogens is 2. The molecule has 0 bridgehead atoms. The third-order valence-electron chi connectivity index (χ3n) is 5.92. The number of nitrogen functional groups attached to an aromatic ring is 1. The van der Waals surface area contributed by atoms with Gasteiger partial charge in [0.05, 0.1) is 30.5 Å². The molecular weight excluding hydrogens is 447 g/mol. The maximum absolute atomic E-state index is 13.1. The van der Waals surface area contributed by atoms with E-state index >= 15 is 0 Å². The van der Waals surface area contributed by atoms with Gasteiger partial charge in [0.2, 0.25) is 11.2 Å². The molecule has 1 aliphatic heterocycles. The number of halogens is 4. The Labute approximate surface area is 187 Å². The number of hydrogen-bond donors (Lipinski definition) is 3. The number of aliphatic hydroxyl groups is 1. The molecule has 4 N–H and O–H groups in total. The third kappa shape index (κ3) is 4.91. The van der Waals surface area contributed by atoms with Crippen LogP contribution in [0.2, 0.25) is 5.28 Å². The number of amides is 1. The number of anilines is 2. The van der Waals surface area contributed by atoms with Gasteiger partial charge in [0.15, 0.2) is 0 Å². The molecule has 0 atom stereocenters. The summed E-state index contributed by atoms with van der Waals surface area (Å²) in [5, 5.41) is 12.7. The Morgan fingerprint density at radius 2 is 1.91 bits per heavy atom. The highest BCUT2D eigenvalue weighted by Crippen LogP contribution is 2.34. The Bertz CT molecular complexity index is 1030. The highest BCUT2D eigenvalue weighted by molar-refractivity contribution is 6.28. The van der Waals surface area contributed by atoms with Crippen molar-refractivity contribution in [2.24, 2.45) is 5.92 Å². The summed E-state index contributed by atoms with van der Waals surface area (Å²) in [7, 11) is 0. The Hall–Kier alpha value is -2.59. The van der Waals surface area contributed by atoms with Crippen LogP contribution in [0.1, 0.15) is 48.1 Å². The van der Waals surface area contributed by atoms with Crippen molar-refractivity contribution in [1.82, 2.24) is 14.9 Å². The standard InChI is InChI=1S/C21H23ClF3N5O2/c22-20-28-17-10-30(19(32)12-1-3-15(31)4-2-12)9-16(17)18(29-20)27-8-11-5-13(21(23,24)25)7-14(26)6-11/h5-7,12,15,31H,1-4,8-10,26H2,(H,27,28,29). The monoisotopic (exact) mass is 469 g/mol. The average molecular weight is 470 g/mol. The smallest absolute Gasteiger partial charge is 0.399 e. The lowest BCUT2D eigenvalue weighted by Crippen LogP contribution is -2.35. The first-order chi connectivity index (χ1) is 15.1. The van der Waals surface area contributed by atoms with E-state index in [1.807, 2.05) is 0 Å². The summed E-state index contributed by atoms with van der Waals surface area (Å²) >= 11 is 6.05. The summed E-state index contributed by atoms with van der Waals surface area (Å²) in [6.45, 7) is 0.625. The van der Waals surface area contributed by atoms with Crippen molar-refractivity contribution < 1.29 is 23.1 Å². The lowest BCUT2D eigenvalue weighted by atomic mass is 9.86. The zero-order chi connectivity index (χ0) is 23.0. The predicted molar refractivity (Wildman–Crippen MR) is 112 cm³/mol. The molecule has 1 aromatic heterocycles. The van der Waals surface area contributed by atoms with Crippen LogP contribution in [0.25, 0.3) is 0 Å². The van der Waals surface area contributed by atoms with Crippen LogP contribution >= 0.6 is 11.6 Å². The van der Waals surface area contributed by atoms with Gasteiger partial charge < -0.3 is 21.1 Å². The number of benzene rings is 1. The van der Waals surface area contributed by atoms with Gasteiger partial charge in [-0.1, -0.05) is 0 Å². The van der Waals surface area contributed by atoms with Crippen LogP contribution < -0.4 is 11.1 Å². The minimum absolute atomic E-state index is 0.00243. The van der Waals surface area contributed by atoms with E-state index in [4.69, 9.17) is 17.3 Å². The highest BCUT2D eigenvalue weighted by atomic mass is 35.5. The highest BCUT2D eigenvalue weighted by Gasteiger charge is 2.34. The summed E-state index contributed by atoms with van der Waals surface area (Å²) in [5.41, 5.74) is 6.47. The number of aliphatic hydroxyl groups excluding tert-OH is 1. The maximum Gasteiger partial charge on any atom is 0.416 e. The largest absolute Gasteiger partial charge is 0.416 e. The van der Waals surface area contributed by atoms with E-state index in [9.17, 15) is 23.1 Å². The molecule has 0 saturated heterocycles. The van der Waals surface area contributed by atoms with Crippen LogP contribution in [-0.4, -0.2) is 32.0 Å². The van der Waals surface area contributed by atoms with Crippen LogP contribution in [0.5, 0.6) is 0 Å². The van der Waals surface area contributed by atoms with Crippen LogP contribution in [0, 0.1) is 5.92 Å². The molecule has 0 unspecified atom stereocenters. The van der Waals surface area contributed by atoms with E-state index in [0.717, 1.165) is 12.1 Å². The molecule has 172 valence electrons. The SMILES string of the molecule is Nc1cc(CNc2nc(Cl)nc3c2CN(C(=O)C2CCC(O)CC2)C3)cc(C(F)(F)F)c1. The number of rotatable bonds is 4. The number of fused-ring (bicyclic) bond motifs is 1. The second-order valence-corrected chi connectivity index (χ2v) is 8.62. The van der Waals surface area contributed by atoms with E-state index in [0.29, 0.717) is 54.9 Å². The lowest BCUT2D eigenvalue weighted by molar-refractivity contribution is -0.138. The lowest BCUT2D eigenvalue weighted by Gasteiger charge is -2.28. The van der Waals surface area contributed by atoms with Gasteiger partial charge in [-0.25, -0.2) is 9.97 Å². The van der Waals surface area contributed by atoms with E-state index < -0.39 is 11.7 Å². The maximum atomic E-state index is 13.1. The quantitative estimate of drug-likeness (QED) is 0.465. The van der Waals surface area contributed by atoms with Gasteiger partial charge in [-0.05, 0) is 61.0 Å². The van der Waals surface area contributed by atoms with E-state index in [2.05, 4.69) is 15.3 Å². The Morgan fingerprint density at radius 1 is 1.19 bits per heavy atom. The van der Waals surface area contributed by atoms with E-state index in [1.165, 1.54) is 6.07 Å². The molecule has 1 aliphatic carbocycles. The van der Waals surface area contributed by atoms with E-state index in [-0.39, 0.29) is 42.0 Å². The molecule has 7 nitrogen and oxygen atoms in total. The number of carbonyl (C=O) groups excluding carboxylic acids is 1. The minimum Gasteiger partial charge on any atom is -0.399 e. The van der Waals surface area contributed by atoms with Gasteiger partial charge in [0.25, 0.3) is 0 Å². The first kappa shape index (κ1) is 22.6. The van der Waals surface area contributed by atoms with Gasteiger partial charge in [0.1, 0.15) is 5.82 Å². The van der Waals surface area contributed by atoms with Gasteiger partial charge in [-0.2, -0.15) is 13.2 Å². The van der Waals surface area contributed by atoms with Gasteiger partial charge in [-0.15, -0.1) is 0 Å². The molecule has 0 spiro atoms. The molecule has 2 aromatic rings. The first-order valence-corrected chi connectivity index (χ1v) is 10.7. The molecule has 2 aliphatic rings. The summed E-state index contributed by atoms with van der Waals surface area (Å²) in [6, 6.07) is 3.37. The van der Waals surface area contributed by atoms with Crippen molar-refractivity contribution in [2.75, 3.05) is 11.1 Å². The summed E-state index contributed by atoms with van der Waals surface area (Å²) in [6.07, 6.45) is -2.35. The van der Waals surface area contributed by atoms with Gasteiger partial charge in [0, 0.05) is 23.7 Å². The van der Waals surface area contributed by atoms with Crippen LogP contribution in [0.3, 0.4) is 0 Å². The molecule has 1 amide bonds. The Kier molecular flexibility index (Phi) is 6.17. The van der Waals surface area contributed by atoms with Crippen LogP contribution in [0.15, 0.2) is 18.2 Å². The number of nitrogens with one attached hydrogen (secondary N) is 1. The summed E-state index contributed by atoms with van der Waals surface area (Å²) in [5.74, 6) is 0.244. The molecule has 2 heterocycles. The fraction of sp³-hybridized carbons (Fsp3) is 0.476. The zero-order valence-corrected chi connectivity index (χ0v) is 17.9. The summed E-state index contributed by atoms with van der Waals surface area (Å²) in [4.78, 5) is 23.0. The van der Waals surface area contributed by atoms with Crippen molar-refractivity contribution in [1.29, 1.82) is 0 Å². The molecular formula is C21H23ClF3N5O2. The van der Waals surface area contributed by atoms with Crippen molar-refractivity contribution >= 4 is 29.0 Å². The molecule has 1 aromatic carbocycles. The van der Waals surface area contributed by atoms with Crippen molar-refractivity contribution in [3.63, 3.8) is 0 Å². The van der Waals surface area contributed by atoms with Crippen molar-refractivity contribution in [3.05, 3.63) is 45.9 Å². The average Bonchev–Trinajstić information content (AvgIpc) is 3.15. The zero-order valence-electron chi connectivity index (χ0n) is 17.1. The number of hydrogen-bond acceptors (Lipinski definition) is 6. The third-order valence-corrected chi connectivity index (χ3v) is 6.08. The van der Waals surface area contributed by atoms with Crippen molar-refractivity contribution in [2.45, 2.75) is 57.6 Å². The van der Waals surface area contributed by atoms with Crippen LogP contribution in [0.4, 0.5) is 24.7 Å². The van der Waals surface area contributed by atoms with Gasteiger partial charge >= 0.3 is 6.18 Å². The molecule has 1 saturated carbocycles. The number of nitrogens with zero attached hydrogens (tertiary/aromatic N) is 3. The Morgan fingerprint density at radius 3 is 2.59 bits per heavy atom. The first-order valence-electron chi connectivity index (χ1n) is 10.3. The number of nitrogens with two attached hydrogens (primary N) is 1. The molecule has 0 radical (unpaired) electrons. The second-order valence-electron chi connectivity index (χ2n) is 8.28. The molecule has 32 heavy (non-hydrogen) atoms. The fourth-order valence-corrected chi connectivity index (χ4v) is 4.46. The van der Waals surface area contributed by atoms with Gasteiger partial charge in [-0.3, -0.25) is 4.79 Å². The van der Waals surface area contributed by atoms with E-state index in [1.54, 1.807) is 4.90 Å². The number of alkyl halides is 3. The molecule has 11 heteroatoms. The van der Waals surface area contributed by atoms with Crippen molar-refractivity contribution in [3.8, 4) is 0 Å². The summed E-state index contributed by atoms with van der Waals surface area (Å²) < 4.78 is 39.2. The minimum atomic E-state index is -4.50. The number of carbonyl (C=O) groups is 1. The molecule has 1 fully saturated rings. The topological polar surface area (TPSA) is 104 Å². The molecule has 4 rings (SSSR count). The predicted octanol–water partition coefficient (Wildman–Crippen LogP) is 3.74. The van der Waals surface area contributed by atoms with Crippen LogP contribution in [-0.2, 0) is 30.6 Å². The Balaban J connectivity index is 1.49. The normalized spacial score (nSPS) is 20.8. The fourth-order valence-electron chi connectivity index (χ4n) is 4.28. The second kappa shape index (κ2) is 8.74.